The summed E-state index contributed by atoms with van der Waals surface area (Å²) in [5.41, 5.74) is 33.1. The van der Waals surface area contributed by atoms with Gasteiger partial charge in [0.15, 0.2) is 11.9 Å². The van der Waals surface area contributed by atoms with Gasteiger partial charge in [-0.3, -0.25) is 14.8 Å². The third-order valence-electron chi connectivity index (χ3n) is 9.95. The summed E-state index contributed by atoms with van der Waals surface area (Å²) in [4.78, 5) is 39.3. The van der Waals surface area contributed by atoms with E-state index < -0.39 is 11.0 Å². The Morgan fingerprint density at radius 2 is 1.39 bits per heavy atom. The molecule has 12 N–H and O–H groups in total. The molecule has 3 rings (SSSR count). The summed E-state index contributed by atoms with van der Waals surface area (Å²) in [5, 5.41) is 4.56. The highest BCUT2D eigenvalue weighted by Crippen LogP contribution is 2.41. The van der Waals surface area contributed by atoms with Crippen molar-refractivity contribution in [2.24, 2.45) is 44.1 Å². The number of nitrogens with one attached hydrogen (secondary N) is 2. The van der Waals surface area contributed by atoms with Crippen molar-refractivity contribution in [3.8, 4) is 0 Å². The summed E-state index contributed by atoms with van der Waals surface area (Å²) in [6, 6.07) is 14.1. The van der Waals surface area contributed by atoms with Crippen LogP contribution in [-0.2, 0) is 43.6 Å². The lowest BCUT2D eigenvalue weighted by molar-refractivity contribution is -0.158. The molecule has 1 unspecified atom stereocenters. The number of aldehydes is 1. The molecule has 0 saturated carbocycles. The van der Waals surface area contributed by atoms with Gasteiger partial charge in [-0.25, -0.2) is 0 Å². The van der Waals surface area contributed by atoms with Crippen LogP contribution in [0.4, 0.5) is 0 Å². The standard InChI is InChI=1S/C42H67N9O3/c1-38(2,3)29-21-31(39(4,5)6)33-30(34(40(7,8)9)51-32(33)22-29)23-42(47,27-52)26-48-25-41(17-13-19-49-36(43)44,18-14-20-50-37(45)46)35(53)54-24-28-15-11-10-12-16-28/h10-12,15-16,21-22,27,48,51H,13-14,17-20,23-26,47H2,1-9H3,(H4,43,44,49)(H4,45,46,50). The van der Waals surface area contributed by atoms with E-state index in [2.05, 4.69) is 94.7 Å². The Kier molecular flexibility index (Phi) is 14.5. The summed E-state index contributed by atoms with van der Waals surface area (Å²) in [5.74, 6) is -0.417. The normalized spacial score (nSPS) is 13.7. The number of esters is 1. The van der Waals surface area contributed by atoms with Crippen LogP contribution in [-0.4, -0.2) is 60.9 Å². The minimum atomic E-state index is -1.30. The SMILES string of the molecule is CC(C)(C)c1cc(C(C)(C)C)c2c(CC(N)(C=O)CNCC(CCCN=C(N)N)(CCCN=C(N)N)C(=O)OCc3ccccc3)c(C(C)(C)C)[nH]c2c1. The maximum Gasteiger partial charge on any atom is 0.313 e. The number of hydrogen-bond acceptors (Lipinski definition) is 7. The molecule has 1 atom stereocenters. The molecule has 12 nitrogen and oxygen atoms in total. The molecular weight excluding hydrogens is 679 g/mol. The van der Waals surface area contributed by atoms with Gasteiger partial charge >= 0.3 is 5.97 Å². The predicted molar refractivity (Wildman–Crippen MR) is 222 cm³/mol. The van der Waals surface area contributed by atoms with Gasteiger partial charge in [0.2, 0.25) is 0 Å². The monoisotopic (exact) mass is 746 g/mol. The quantitative estimate of drug-likeness (QED) is 0.0308. The van der Waals surface area contributed by atoms with Gasteiger partial charge in [0.25, 0.3) is 0 Å². The second kappa shape index (κ2) is 17.8. The summed E-state index contributed by atoms with van der Waals surface area (Å²) >= 11 is 0. The Morgan fingerprint density at radius 3 is 1.87 bits per heavy atom. The zero-order valence-electron chi connectivity index (χ0n) is 34.2. The summed E-state index contributed by atoms with van der Waals surface area (Å²) in [7, 11) is 0. The van der Waals surface area contributed by atoms with E-state index in [-0.39, 0.29) is 60.3 Å². The van der Waals surface area contributed by atoms with Crippen LogP contribution in [0, 0.1) is 5.41 Å². The highest BCUT2D eigenvalue weighted by atomic mass is 16.5. The molecule has 1 aromatic heterocycles. The maximum absolute atomic E-state index is 14.2. The molecule has 0 aliphatic rings. The van der Waals surface area contributed by atoms with E-state index >= 15 is 0 Å². The second-order valence-electron chi connectivity index (χ2n) is 18.0. The van der Waals surface area contributed by atoms with Crippen molar-refractivity contribution in [2.45, 2.75) is 123 Å². The molecule has 0 spiro atoms. The van der Waals surface area contributed by atoms with E-state index in [9.17, 15) is 9.59 Å². The van der Waals surface area contributed by atoms with E-state index in [0.717, 1.165) is 34.0 Å². The van der Waals surface area contributed by atoms with Crippen molar-refractivity contribution in [1.82, 2.24) is 10.3 Å². The number of benzene rings is 2. The first-order valence-electron chi connectivity index (χ1n) is 19.0. The van der Waals surface area contributed by atoms with Crippen molar-refractivity contribution in [1.29, 1.82) is 0 Å². The number of H-pyrrole nitrogens is 1. The number of guanidine groups is 2. The topological polar surface area (TPSA) is 226 Å². The minimum Gasteiger partial charge on any atom is -0.460 e. The molecular formula is C42H67N9O3. The average Bonchev–Trinajstić information content (AvgIpc) is 3.44. The van der Waals surface area contributed by atoms with Crippen molar-refractivity contribution < 1.29 is 14.3 Å². The van der Waals surface area contributed by atoms with Crippen molar-refractivity contribution in [3.63, 3.8) is 0 Å². The van der Waals surface area contributed by atoms with Gasteiger partial charge in [-0.15, -0.1) is 0 Å². The molecule has 0 saturated heterocycles. The molecule has 298 valence electrons. The Labute approximate surface area is 322 Å². The molecule has 0 fully saturated rings. The molecule has 0 amide bonds. The molecule has 3 aromatic rings. The molecule has 0 radical (unpaired) electrons. The number of nitrogens with zero attached hydrogens (tertiary/aromatic N) is 2. The number of nitrogens with two attached hydrogens (primary N) is 5. The molecule has 0 aliphatic heterocycles. The number of aliphatic imine (C=N–C) groups is 2. The molecule has 1 heterocycles. The van der Waals surface area contributed by atoms with Gasteiger partial charge in [-0.05, 0) is 64.8 Å². The number of aromatic amines is 1. The highest BCUT2D eigenvalue weighted by Gasteiger charge is 2.40. The smallest absolute Gasteiger partial charge is 0.313 e. The van der Waals surface area contributed by atoms with Gasteiger partial charge in [-0.2, -0.15) is 0 Å². The number of carbonyl (C=O) groups excluding carboxylic acids is 2. The van der Waals surface area contributed by atoms with Crippen LogP contribution in [0.3, 0.4) is 0 Å². The lowest BCUT2D eigenvalue weighted by Gasteiger charge is -2.34. The van der Waals surface area contributed by atoms with Crippen LogP contribution < -0.4 is 34.0 Å². The molecule has 2 aromatic carbocycles. The molecule has 12 heteroatoms. The van der Waals surface area contributed by atoms with E-state index in [4.69, 9.17) is 33.4 Å². The van der Waals surface area contributed by atoms with Crippen molar-refractivity contribution in [3.05, 3.63) is 70.4 Å². The third kappa shape index (κ3) is 12.0. The van der Waals surface area contributed by atoms with E-state index in [1.807, 2.05) is 30.3 Å². The summed E-state index contributed by atoms with van der Waals surface area (Å²) in [6.07, 6.45) is 2.96. The average molecular weight is 746 g/mol. The van der Waals surface area contributed by atoms with Gasteiger partial charge in [-0.1, -0.05) is 98.7 Å². The molecule has 0 aliphatic carbocycles. The van der Waals surface area contributed by atoms with Crippen LogP contribution in [0.15, 0.2) is 52.4 Å². The summed E-state index contributed by atoms with van der Waals surface area (Å²) in [6.45, 7) is 20.9. The largest absolute Gasteiger partial charge is 0.460 e. The predicted octanol–water partition coefficient (Wildman–Crippen LogP) is 4.93. The van der Waals surface area contributed by atoms with Crippen LogP contribution in [0.5, 0.6) is 0 Å². The van der Waals surface area contributed by atoms with E-state index in [1.54, 1.807) is 0 Å². The van der Waals surface area contributed by atoms with Crippen LogP contribution in [0.2, 0.25) is 0 Å². The van der Waals surface area contributed by atoms with Gasteiger partial charge < -0.3 is 48.5 Å². The minimum absolute atomic E-state index is 0.0202. The Morgan fingerprint density at radius 1 is 0.815 bits per heavy atom. The Bertz CT molecular complexity index is 1740. The van der Waals surface area contributed by atoms with E-state index in [1.165, 1.54) is 11.1 Å². The first-order valence-corrected chi connectivity index (χ1v) is 19.0. The number of carbonyl (C=O) groups is 2. The van der Waals surface area contributed by atoms with Crippen molar-refractivity contribution in [2.75, 3.05) is 26.2 Å². The highest BCUT2D eigenvalue weighted by molar-refractivity contribution is 5.91. The number of rotatable bonds is 18. The van der Waals surface area contributed by atoms with Gasteiger partial charge in [0.1, 0.15) is 12.9 Å². The number of hydrogen-bond donors (Lipinski definition) is 7. The summed E-state index contributed by atoms with van der Waals surface area (Å²) < 4.78 is 5.97. The Balaban J connectivity index is 2.04. The zero-order chi connectivity index (χ0) is 40.5. The number of fused-ring (bicyclic) bond motifs is 1. The fourth-order valence-electron chi connectivity index (χ4n) is 6.96. The van der Waals surface area contributed by atoms with Gasteiger partial charge in [0, 0.05) is 54.6 Å². The first kappa shape index (κ1) is 44.0. The maximum atomic E-state index is 14.2. The zero-order valence-corrected chi connectivity index (χ0v) is 34.2. The Hall–Kier alpha value is -4.42. The van der Waals surface area contributed by atoms with Crippen LogP contribution >= 0.6 is 0 Å². The first-order chi connectivity index (χ1) is 25.0. The fraction of sp³-hybridized carbons (Fsp3) is 0.571. The van der Waals surface area contributed by atoms with Crippen molar-refractivity contribution >= 4 is 35.1 Å². The van der Waals surface area contributed by atoms with Crippen LogP contribution in [0.1, 0.15) is 116 Å². The molecule has 54 heavy (non-hydrogen) atoms. The number of ether oxygens (including phenoxy) is 1. The lowest BCUT2D eigenvalue weighted by atomic mass is 9.76. The lowest BCUT2D eigenvalue weighted by Crippen LogP contribution is -2.55. The number of aromatic nitrogens is 1. The molecule has 0 bridgehead atoms. The second-order valence-corrected chi connectivity index (χ2v) is 18.0. The van der Waals surface area contributed by atoms with Gasteiger partial charge in [0.05, 0.1) is 11.0 Å². The fourth-order valence-corrected chi connectivity index (χ4v) is 6.96. The third-order valence-corrected chi connectivity index (χ3v) is 9.95. The van der Waals surface area contributed by atoms with E-state index in [0.29, 0.717) is 38.8 Å². The van der Waals surface area contributed by atoms with Crippen LogP contribution in [0.25, 0.3) is 10.9 Å².